The maximum absolute atomic E-state index is 13.5. The third-order valence-electron chi connectivity index (χ3n) is 3.78. The van der Waals surface area contributed by atoms with Crippen LogP contribution in [0.4, 0.5) is 4.39 Å². The van der Waals surface area contributed by atoms with Gasteiger partial charge < -0.3 is 10.1 Å². The summed E-state index contributed by atoms with van der Waals surface area (Å²) in [6.45, 7) is 2.16. The summed E-state index contributed by atoms with van der Waals surface area (Å²) in [5.74, 6) is 4.99. The van der Waals surface area contributed by atoms with Crippen LogP contribution in [0.5, 0.6) is 0 Å². The largest absolute Gasteiger partial charge is 0.380 e. The molecule has 1 N–H and O–H groups in total. The Bertz CT molecular complexity index is 835. The number of hydrogen-bond donors (Lipinski definition) is 1. The lowest BCUT2D eigenvalue weighted by Gasteiger charge is -2.38. The van der Waals surface area contributed by atoms with Crippen molar-refractivity contribution in [2.45, 2.75) is 6.92 Å². The fraction of sp³-hybridized carbons (Fsp3) is 0.250. The summed E-state index contributed by atoms with van der Waals surface area (Å²) in [7, 11) is 0. The van der Waals surface area contributed by atoms with E-state index in [2.05, 4.69) is 17.2 Å². The first kappa shape index (κ1) is 14.9. The van der Waals surface area contributed by atoms with Gasteiger partial charge in [-0.05, 0) is 36.4 Å². The Morgan fingerprint density at radius 2 is 1.96 bits per heavy atom. The van der Waals surface area contributed by atoms with E-state index >= 15 is 0 Å². The normalized spacial score (nSPS) is 16.8. The van der Waals surface area contributed by atoms with Crippen molar-refractivity contribution >= 4 is 5.91 Å². The molecule has 0 bridgehead atoms. The second-order valence-electron chi connectivity index (χ2n) is 6.07. The number of rotatable bonds is 3. The van der Waals surface area contributed by atoms with E-state index in [9.17, 15) is 9.18 Å². The van der Waals surface area contributed by atoms with Gasteiger partial charge >= 0.3 is 0 Å². The van der Waals surface area contributed by atoms with Gasteiger partial charge in [-0.1, -0.05) is 30.9 Å². The number of benzene rings is 2. The Hall–Kier alpha value is -2.64. The van der Waals surface area contributed by atoms with Crippen molar-refractivity contribution < 1.29 is 15.3 Å². The van der Waals surface area contributed by atoms with E-state index in [1.54, 1.807) is 42.5 Å². The van der Waals surface area contributed by atoms with Crippen LogP contribution in [0.3, 0.4) is 0 Å². The second-order valence-corrected chi connectivity index (χ2v) is 6.07. The van der Waals surface area contributed by atoms with Crippen LogP contribution in [0.15, 0.2) is 48.5 Å². The quantitative estimate of drug-likeness (QED) is 0.882. The van der Waals surface area contributed by atoms with Crippen LogP contribution in [0, 0.1) is 23.1 Å². The number of halogens is 1. The summed E-state index contributed by atoms with van der Waals surface area (Å²) in [5, 5.41) is 2.69. The maximum atomic E-state index is 13.5. The highest BCUT2D eigenvalue weighted by molar-refractivity contribution is 5.94. The number of nitrogens with one attached hydrogen (secondary N) is 1. The molecule has 24 heavy (non-hydrogen) atoms. The zero-order valence-electron chi connectivity index (χ0n) is 14.3. The summed E-state index contributed by atoms with van der Waals surface area (Å²) in [5.41, 5.74) is 1.14. The fourth-order valence-corrected chi connectivity index (χ4v) is 2.24. The highest BCUT2D eigenvalue weighted by Gasteiger charge is 2.33. The zero-order chi connectivity index (χ0) is 17.9. The molecule has 0 aliphatic carbocycles. The molecule has 1 unspecified atom stereocenters. The lowest BCUT2D eigenvalue weighted by Crippen LogP contribution is -2.48. The minimum absolute atomic E-state index is 0.304. The van der Waals surface area contributed by atoms with Gasteiger partial charge in [-0.25, -0.2) is 4.39 Å². The van der Waals surface area contributed by atoms with Crippen molar-refractivity contribution in [2.75, 3.05) is 19.7 Å². The van der Waals surface area contributed by atoms with Crippen LogP contribution >= 0.6 is 0 Å². The third kappa shape index (κ3) is 3.81. The predicted octanol–water partition coefficient (Wildman–Crippen LogP) is 2.99. The molecule has 0 radical (unpaired) electrons. The summed E-state index contributed by atoms with van der Waals surface area (Å²) < 4.78 is 26.7. The predicted molar refractivity (Wildman–Crippen MR) is 90.1 cm³/mol. The summed E-state index contributed by atoms with van der Waals surface area (Å²) >= 11 is 0. The van der Waals surface area contributed by atoms with Crippen molar-refractivity contribution in [3.8, 4) is 11.8 Å². The molecule has 3 nitrogen and oxygen atoms in total. The Balaban J connectivity index is 1.66. The minimum Gasteiger partial charge on any atom is -0.380 e. The van der Waals surface area contributed by atoms with Crippen LogP contribution < -0.4 is 5.32 Å². The average molecular weight is 324 g/mol. The topological polar surface area (TPSA) is 38.3 Å². The minimum atomic E-state index is -0.714. The monoisotopic (exact) mass is 324 g/mol. The molecule has 0 spiro atoms. The Kier molecular flexibility index (Phi) is 4.26. The molecule has 1 aliphatic heterocycles. The van der Waals surface area contributed by atoms with Crippen molar-refractivity contribution in [3.63, 3.8) is 0 Å². The smallest absolute Gasteiger partial charge is 0.251 e. The second kappa shape index (κ2) is 6.86. The highest BCUT2D eigenvalue weighted by atomic mass is 19.1. The highest BCUT2D eigenvalue weighted by Crippen LogP contribution is 2.25. The molecule has 3 rings (SSSR count). The van der Waals surface area contributed by atoms with Gasteiger partial charge in [0.1, 0.15) is 5.82 Å². The molecular weight excluding hydrogens is 305 g/mol. The van der Waals surface area contributed by atoms with Crippen LogP contribution in [0.2, 0.25) is 0 Å². The van der Waals surface area contributed by atoms with Crippen molar-refractivity contribution in [2.24, 2.45) is 5.41 Å². The zero-order valence-corrected chi connectivity index (χ0v) is 13.3. The van der Waals surface area contributed by atoms with E-state index in [4.69, 9.17) is 6.11 Å². The molecule has 1 fully saturated rings. The maximum Gasteiger partial charge on any atom is 0.251 e. The molecule has 1 saturated heterocycles. The first-order chi connectivity index (χ1) is 12.0. The molecular formula is C20H18FNO2. The van der Waals surface area contributed by atoms with Gasteiger partial charge in [0.25, 0.3) is 5.91 Å². The number of ether oxygens (including phenoxy) is 1. The molecule has 122 valence electrons. The van der Waals surface area contributed by atoms with Crippen LogP contribution in [-0.2, 0) is 4.74 Å². The number of amides is 1. The van der Waals surface area contributed by atoms with Crippen LogP contribution in [-0.4, -0.2) is 25.6 Å². The standard InChI is InChI=1S/C20H18FNO2/c1-20(13-24-14-20)12-22-19(23)17-10-7-15(8-11-17)6-9-16-4-2-3-5-18(16)21/h2-5,7-8,10-11H,12-14H2,1H3,(H,22,23)/i12D. The van der Waals surface area contributed by atoms with E-state index < -0.39 is 6.52 Å². The van der Waals surface area contributed by atoms with E-state index in [0.717, 1.165) is 0 Å². The Morgan fingerprint density at radius 3 is 2.58 bits per heavy atom. The molecule has 1 amide bonds. The van der Waals surface area contributed by atoms with Gasteiger partial charge in [0.2, 0.25) is 0 Å². The lowest BCUT2D eigenvalue weighted by molar-refractivity contribution is -0.0978. The van der Waals surface area contributed by atoms with E-state index in [0.29, 0.717) is 29.9 Å². The third-order valence-corrected chi connectivity index (χ3v) is 3.78. The van der Waals surface area contributed by atoms with E-state index in [1.807, 2.05) is 6.92 Å². The average Bonchev–Trinajstić information content (AvgIpc) is 2.59. The SMILES string of the molecule is [2H]C(NC(=O)c1ccc(C#Cc2ccccc2F)cc1)C1(C)COC1. The van der Waals surface area contributed by atoms with Crippen LogP contribution in [0.1, 0.15) is 29.8 Å². The summed E-state index contributed by atoms with van der Waals surface area (Å²) in [6.07, 6.45) is 0. The van der Waals surface area contributed by atoms with Gasteiger partial charge in [0.15, 0.2) is 0 Å². The molecule has 0 saturated carbocycles. The van der Waals surface area contributed by atoms with E-state index in [-0.39, 0.29) is 17.1 Å². The molecule has 0 aromatic heterocycles. The summed E-state index contributed by atoms with van der Waals surface area (Å²) in [4.78, 5) is 12.2. The molecule has 2 aromatic carbocycles. The van der Waals surface area contributed by atoms with Crippen molar-refractivity contribution in [1.29, 1.82) is 0 Å². The number of hydrogen-bond acceptors (Lipinski definition) is 2. The molecule has 1 atom stereocenters. The summed E-state index contributed by atoms with van der Waals surface area (Å²) in [6, 6.07) is 13.0. The Morgan fingerprint density at radius 1 is 1.25 bits per heavy atom. The van der Waals surface area contributed by atoms with Gasteiger partial charge in [-0.2, -0.15) is 0 Å². The number of carbonyl (C=O) groups excluding carboxylic acids is 1. The molecule has 2 aromatic rings. The lowest BCUT2D eigenvalue weighted by atomic mass is 9.88. The number of carbonyl (C=O) groups is 1. The molecule has 4 heteroatoms. The molecule has 1 heterocycles. The van der Waals surface area contributed by atoms with Crippen molar-refractivity contribution in [3.05, 3.63) is 71.0 Å². The van der Waals surface area contributed by atoms with E-state index in [1.165, 1.54) is 6.07 Å². The van der Waals surface area contributed by atoms with Gasteiger partial charge in [-0.3, -0.25) is 4.79 Å². The molecule has 1 aliphatic rings. The fourth-order valence-electron chi connectivity index (χ4n) is 2.24. The first-order valence-electron chi connectivity index (χ1n) is 8.23. The Labute approximate surface area is 142 Å². The van der Waals surface area contributed by atoms with Crippen molar-refractivity contribution in [1.82, 2.24) is 5.32 Å². The van der Waals surface area contributed by atoms with Crippen LogP contribution in [0.25, 0.3) is 0 Å². The van der Waals surface area contributed by atoms with Gasteiger partial charge in [-0.15, -0.1) is 0 Å². The van der Waals surface area contributed by atoms with Gasteiger partial charge in [0, 0.05) is 24.4 Å². The van der Waals surface area contributed by atoms with Gasteiger partial charge in [0.05, 0.1) is 18.8 Å². The first-order valence-corrected chi connectivity index (χ1v) is 7.65.